The Morgan fingerprint density at radius 2 is 1.67 bits per heavy atom. The van der Waals surface area contributed by atoms with Crippen molar-refractivity contribution in [3.63, 3.8) is 0 Å². The molecule has 140 valence electrons. The van der Waals surface area contributed by atoms with E-state index >= 15 is 0 Å². The molecule has 0 bridgehead atoms. The van der Waals surface area contributed by atoms with Crippen LogP contribution in [-0.2, 0) is 4.79 Å². The third-order valence-electron chi connectivity index (χ3n) is 5.86. The Balaban J connectivity index is 1.80. The van der Waals surface area contributed by atoms with E-state index in [2.05, 4.69) is 24.3 Å². The molecule has 4 nitrogen and oxygen atoms in total. The summed E-state index contributed by atoms with van der Waals surface area (Å²) in [4.78, 5) is 29.5. The summed E-state index contributed by atoms with van der Waals surface area (Å²) < 4.78 is 0. The molecule has 2 atom stereocenters. The second kappa shape index (κ2) is 6.54. The second-order valence-corrected chi connectivity index (χ2v) is 8.26. The zero-order valence-electron chi connectivity index (χ0n) is 15.2. The van der Waals surface area contributed by atoms with Gasteiger partial charge in [0.2, 0.25) is 0 Å². The van der Waals surface area contributed by atoms with E-state index < -0.39 is 5.54 Å². The van der Waals surface area contributed by atoms with E-state index in [1.165, 1.54) is 10.5 Å². The molecule has 6 heteroatoms. The number of nitrogens with zero attached hydrogens (tertiary/aromatic N) is 2. The van der Waals surface area contributed by atoms with Crippen LogP contribution >= 0.6 is 23.2 Å². The summed E-state index contributed by atoms with van der Waals surface area (Å²) in [6.45, 7) is 2.04. The summed E-state index contributed by atoms with van der Waals surface area (Å²) in [5.74, 6) is -0.226. The topological polar surface area (TPSA) is 40.6 Å². The Bertz CT molecular complexity index is 908. The van der Waals surface area contributed by atoms with E-state index in [9.17, 15) is 9.59 Å². The smallest absolute Gasteiger partial charge is 0.312 e. The van der Waals surface area contributed by atoms with E-state index in [0.717, 1.165) is 18.4 Å². The van der Waals surface area contributed by atoms with Crippen molar-refractivity contribution in [1.82, 2.24) is 4.90 Å². The lowest BCUT2D eigenvalue weighted by molar-refractivity contribution is -0.125. The lowest BCUT2D eigenvalue weighted by atomic mass is 9.80. The number of carbonyl (C=O) groups excluding carboxylic acids is 2. The zero-order valence-corrected chi connectivity index (χ0v) is 16.7. The minimum absolute atomic E-state index is 0.0285. The van der Waals surface area contributed by atoms with Crippen LogP contribution in [-0.4, -0.2) is 29.4 Å². The molecule has 0 radical (unpaired) electrons. The molecule has 0 N–H and O–H groups in total. The molecule has 1 aliphatic carbocycles. The van der Waals surface area contributed by atoms with Crippen LogP contribution in [0.2, 0.25) is 10.0 Å². The first-order chi connectivity index (χ1) is 12.8. The van der Waals surface area contributed by atoms with Gasteiger partial charge < -0.3 is 4.90 Å². The van der Waals surface area contributed by atoms with Crippen molar-refractivity contribution in [3.05, 3.63) is 63.6 Å². The maximum atomic E-state index is 13.6. The van der Waals surface area contributed by atoms with Crippen molar-refractivity contribution in [2.75, 3.05) is 11.9 Å². The van der Waals surface area contributed by atoms with Gasteiger partial charge in [-0.05, 0) is 49.9 Å². The zero-order chi connectivity index (χ0) is 19.3. The van der Waals surface area contributed by atoms with E-state index in [1.807, 2.05) is 6.92 Å². The number of hydrogen-bond acceptors (Lipinski definition) is 2. The highest BCUT2D eigenvalue weighted by molar-refractivity contribution is 6.35. The number of rotatable bonds is 2. The third kappa shape index (κ3) is 2.74. The Labute approximate surface area is 168 Å². The molecular weight excluding hydrogens is 383 g/mol. The average molecular weight is 403 g/mol. The van der Waals surface area contributed by atoms with Gasteiger partial charge in [-0.2, -0.15) is 0 Å². The first-order valence-corrected chi connectivity index (χ1v) is 9.75. The fraction of sp³-hybridized carbons (Fsp3) is 0.333. The second-order valence-electron chi connectivity index (χ2n) is 7.39. The van der Waals surface area contributed by atoms with Crippen LogP contribution < -0.4 is 4.90 Å². The van der Waals surface area contributed by atoms with Gasteiger partial charge in [0.15, 0.2) is 0 Å². The van der Waals surface area contributed by atoms with E-state index in [4.69, 9.17) is 23.2 Å². The number of anilines is 1. The summed E-state index contributed by atoms with van der Waals surface area (Å²) in [5, 5.41) is 0.784. The Hall–Kier alpha value is -2.04. The molecule has 1 saturated heterocycles. The van der Waals surface area contributed by atoms with Gasteiger partial charge in [0.1, 0.15) is 5.54 Å². The molecule has 3 amide bonds. The van der Waals surface area contributed by atoms with Crippen LogP contribution in [0.4, 0.5) is 10.5 Å². The van der Waals surface area contributed by atoms with Crippen molar-refractivity contribution in [1.29, 1.82) is 0 Å². The molecule has 2 aromatic rings. The van der Waals surface area contributed by atoms with Gasteiger partial charge >= 0.3 is 6.03 Å². The van der Waals surface area contributed by atoms with Crippen molar-refractivity contribution in [2.45, 2.75) is 37.6 Å². The predicted molar refractivity (Wildman–Crippen MR) is 108 cm³/mol. The molecule has 0 unspecified atom stereocenters. The molecule has 4 rings (SSSR count). The van der Waals surface area contributed by atoms with Crippen molar-refractivity contribution >= 4 is 40.8 Å². The number of imide groups is 1. The number of amides is 3. The number of benzene rings is 2. The molecule has 1 saturated carbocycles. The fourth-order valence-corrected chi connectivity index (χ4v) is 5.04. The summed E-state index contributed by atoms with van der Waals surface area (Å²) in [7, 11) is 1.72. The van der Waals surface area contributed by atoms with Gasteiger partial charge in [0.05, 0.1) is 5.69 Å². The van der Waals surface area contributed by atoms with Gasteiger partial charge in [0.25, 0.3) is 5.91 Å². The summed E-state index contributed by atoms with van der Waals surface area (Å²) >= 11 is 12.2. The van der Waals surface area contributed by atoms with Gasteiger partial charge in [-0.1, -0.05) is 53.0 Å². The number of urea groups is 1. The number of halogens is 2. The largest absolute Gasteiger partial charge is 0.332 e. The molecule has 1 heterocycles. The highest BCUT2D eigenvalue weighted by Gasteiger charge is 2.62. The molecule has 2 fully saturated rings. The first kappa shape index (κ1) is 18.3. The van der Waals surface area contributed by atoms with Gasteiger partial charge in [-0.25, -0.2) is 9.69 Å². The van der Waals surface area contributed by atoms with Gasteiger partial charge in [-0.3, -0.25) is 4.79 Å². The highest BCUT2D eigenvalue weighted by Crippen LogP contribution is 2.51. The first-order valence-electron chi connectivity index (χ1n) is 8.99. The molecule has 27 heavy (non-hydrogen) atoms. The standard InChI is InChI=1S/C21H20Cl2N2O2/c1-13-5-7-14(8-6-13)18-4-3-9-21(18)19(26)25(20(27)24(21)2)17-11-15(22)10-16(23)12-17/h5-8,10-12,18H,3-4,9H2,1-2H3/t18-,21+/m0/s1. The molecule has 2 aliphatic rings. The molecule has 1 spiro atoms. The summed E-state index contributed by atoms with van der Waals surface area (Å²) in [6, 6.07) is 12.7. The SMILES string of the molecule is Cc1ccc([C@@H]2CCC[C@]23C(=O)N(c2cc(Cl)cc(Cl)c2)C(=O)N3C)cc1. The summed E-state index contributed by atoms with van der Waals surface area (Å²) in [5.41, 5.74) is 1.82. The third-order valence-corrected chi connectivity index (χ3v) is 6.30. The minimum atomic E-state index is -0.860. The van der Waals surface area contributed by atoms with Gasteiger partial charge in [0, 0.05) is 23.0 Å². The lowest BCUT2D eigenvalue weighted by Crippen LogP contribution is -2.49. The van der Waals surface area contributed by atoms with Crippen LogP contribution in [0, 0.1) is 6.92 Å². The molecule has 1 aliphatic heterocycles. The quantitative estimate of drug-likeness (QED) is 0.630. The van der Waals surface area contributed by atoms with Crippen molar-refractivity contribution in [2.24, 2.45) is 0 Å². The molecule has 2 aromatic carbocycles. The van der Waals surface area contributed by atoms with Crippen LogP contribution in [0.1, 0.15) is 36.3 Å². The van der Waals surface area contributed by atoms with E-state index in [1.54, 1.807) is 30.1 Å². The van der Waals surface area contributed by atoms with Crippen LogP contribution in [0.5, 0.6) is 0 Å². The molecular formula is C21H20Cl2N2O2. The number of hydrogen-bond donors (Lipinski definition) is 0. The highest BCUT2D eigenvalue weighted by atomic mass is 35.5. The maximum Gasteiger partial charge on any atom is 0.332 e. The van der Waals surface area contributed by atoms with Crippen LogP contribution in [0.15, 0.2) is 42.5 Å². The number of aryl methyl sites for hydroxylation is 1. The van der Waals surface area contributed by atoms with Crippen molar-refractivity contribution in [3.8, 4) is 0 Å². The van der Waals surface area contributed by atoms with E-state index in [0.29, 0.717) is 22.2 Å². The maximum absolute atomic E-state index is 13.6. The minimum Gasteiger partial charge on any atom is -0.312 e. The normalized spacial score (nSPS) is 25.1. The monoisotopic (exact) mass is 402 g/mol. The molecule has 0 aromatic heterocycles. The predicted octanol–water partition coefficient (Wildman–Crippen LogP) is 5.41. The van der Waals surface area contributed by atoms with Crippen molar-refractivity contribution < 1.29 is 9.59 Å². The number of carbonyl (C=O) groups is 2. The fourth-order valence-electron chi connectivity index (χ4n) is 4.53. The van der Waals surface area contributed by atoms with Gasteiger partial charge in [-0.15, -0.1) is 0 Å². The summed E-state index contributed by atoms with van der Waals surface area (Å²) in [6.07, 6.45) is 2.42. The van der Waals surface area contributed by atoms with Crippen LogP contribution in [0.3, 0.4) is 0 Å². The Kier molecular flexibility index (Phi) is 4.44. The van der Waals surface area contributed by atoms with E-state index in [-0.39, 0.29) is 17.9 Å². The van der Waals surface area contributed by atoms with Crippen LogP contribution in [0.25, 0.3) is 0 Å². The Morgan fingerprint density at radius 1 is 1.04 bits per heavy atom. The lowest BCUT2D eigenvalue weighted by Gasteiger charge is -2.34. The number of likely N-dealkylation sites (N-methyl/N-ethyl adjacent to an activating group) is 1. The Morgan fingerprint density at radius 3 is 2.30 bits per heavy atom. The average Bonchev–Trinajstić information content (AvgIpc) is 3.13.